The predicted octanol–water partition coefficient (Wildman–Crippen LogP) is 3.74. The summed E-state index contributed by atoms with van der Waals surface area (Å²) in [6.45, 7) is 8.36. The molecule has 1 heterocycles. The van der Waals surface area contributed by atoms with Gasteiger partial charge < -0.3 is 9.88 Å². The monoisotopic (exact) mass is 228 g/mol. The quantitative estimate of drug-likeness (QED) is 0.843. The van der Waals surface area contributed by atoms with Crippen LogP contribution in [0.4, 0.5) is 5.69 Å². The van der Waals surface area contributed by atoms with E-state index in [-0.39, 0.29) is 0 Å². The molecule has 2 nitrogen and oxygen atoms in total. The van der Waals surface area contributed by atoms with E-state index in [2.05, 4.69) is 67.3 Å². The molecule has 1 aromatic heterocycles. The molecule has 0 aliphatic rings. The summed E-state index contributed by atoms with van der Waals surface area (Å²) in [4.78, 5) is 0. The molecule has 2 rings (SSSR count). The molecule has 0 saturated carbocycles. The van der Waals surface area contributed by atoms with Gasteiger partial charge in [-0.25, -0.2) is 0 Å². The van der Waals surface area contributed by atoms with Gasteiger partial charge >= 0.3 is 0 Å². The van der Waals surface area contributed by atoms with Crippen LogP contribution < -0.4 is 5.32 Å². The van der Waals surface area contributed by atoms with E-state index in [9.17, 15) is 0 Å². The number of benzene rings is 1. The van der Waals surface area contributed by atoms with E-state index in [1.165, 1.54) is 22.4 Å². The predicted molar refractivity (Wildman–Crippen MR) is 73.3 cm³/mol. The minimum absolute atomic E-state index is 0.884. The summed E-state index contributed by atoms with van der Waals surface area (Å²) in [6.07, 6.45) is 4.31. The van der Waals surface area contributed by atoms with Gasteiger partial charge in [-0.2, -0.15) is 0 Å². The van der Waals surface area contributed by atoms with E-state index >= 15 is 0 Å². The maximum atomic E-state index is 3.45. The Kier molecular flexibility index (Phi) is 3.52. The van der Waals surface area contributed by atoms with Gasteiger partial charge in [-0.3, -0.25) is 0 Å². The number of nitrogens with zero attached hydrogens (tertiary/aromatic N) is 1. The fourth-order valence-corrected chi connectivity index (χ4v) is 1.85. The topological polar surface area (TPSA) is 17.0 Å². The fourth-order valence-electron chi connectivity index (χ4n) is 1.85. The van der Waals surface area contributed by atoms with Crippen molar-refractivity contribution in [2.75, 3.05) is 5.32 Å². The number of nitrogens with one attached hydrogen (secondary N) is 1. The molecule has 2 heteroatoms. The summed E-state index contributed by atoms with van der Waals surface area (Å²) in [5.41, 5.74) is 5.19. The number of aromatic nitrogens is 1. The van der Waals surface area contributed by atoms with E-state index < -0.39 is 0 Å². The lowest BCUT2D eigenvalue weighted by atomic mass is 10.1. The molecule has 90 valence electrons. The van der Waals surface area contributed by atoms with Crippen molar-refractivity contribution in [3.8, 4) is 0 Å². The summed E-state index contributed by atoms with van der Waals surface area (Å²) in [5.74, 6) is 0. The number of rotatable bonds is 4. The molecule has 0 aliphatic carbocycles. The Morgan fingerprint density at radius 1 is 1.12 bits per heavy atom. The van der Waals surface area contributed by atoms with Gasteiger partial charge in [0.1, 0.15) is 0 Å². The lowest BCUT2D eigenvalue weighted by Gasteiger charge is -2.07. The van der Waals surface area contributed by atoms with Crippen LogP contribution in [0.15, 0.2) is 36.7 Å². The number of anilines is 1. The average molecular weight is 228 g/mol. The highest BCUT2D eigenvalue weighted by Gasteiger charge is 1.98. The summed E-state index contributed by atoms with van der Waals surface area (Å²) in [6, 6.07) is 8.66. The van der Waals surface area contributed by atoms with Crippen molar-refractivity contribution in [3.63, 3.8) is 0 Å². The van der Waals surface area contributed by atoms with Crippen LogP contribution in [0.3, 0.4) is 0 Å². The van der Waals surface area contributed by atoms with Crippen LogP contribution in [0.1, 0.15) is 23.6 Å². The molecule has 1 N–H and O–H groups in total. The number of aryl methyl sites for hydroxylation is 3. The van der Waals surface area contributed by atoms with Crippen molar-refractivity contribution in [3.05, 3.63) is 53.3 Å². The fraction of sp³-hybridized carbons (Fsp3) is 0.333. The molecule has 0 atom stereocenters. The minimum atomic E-state index is 0.884. The Labute approximate surface area is 103 Å². The first kappa shape index (κ1) is 11.8. The molecule has 0 spiro atoms. The van der Waals surface area contributed by atoms with Crippen LogP contribution >= 0.6 is 0 Å². The van der Waals surface area contributed by atoms with Crippen LogP contribution in [0.2, 0.25) is 0 Å². The molecule has 17 heavy (non-hydrogen) atoms. The lowest BCUT2D eigenvalue weighted by Crippen LogP contribution is -1.99. The Bertz CT molecular complexity index is 497. The second-order valence-electron chi connectivity index (χ2n) is 4.50. The van der Waals surface area contributed by atoms with Crippen molar-refractivity contribution < 1.29 is 0 Å². The summed E-state index contributed by atoms with van der Waals surface area (Å²) < 4.78 is 2.19. The van der Waals surface area contributed by atoms with Gasteiger partial charge in [0.25, 0.3) is 0 Å². The zero-order valence-corrected chi connectivity index (χ0v) is 10.8. The first-order chi connectivity index (χ1) is 8.19. The first-order valence-electron chi connectivity index (χ1n) is 6.15. The van der Waals surface area contributed by atoms with Gasteiger partial charge in [0.2, 0.25) is 0 Å². The van der Waals surface area contributed by atoms with Gasteiger partial charge in [0.15, 0.2) is 0 Å². The van der Waals surface area contributed by atoms with Gasteiger partial charge in [-0.15, -0.1) is 0 Å². The smallest absolute Gasteiger partial charge is 0.0415 e. The van der Waals surface area contributed by atoms with Crippen molar-refractivity contribution in [2.45, 2.75) is 33.9 Å². The Morgan fingerprint density at radius 2 is 1.94 bits per heavy atom. The van der Waals surface area contributed by atoms with Crippen molar-refractivity contribution in [1.29, 1.82) is 0 Å². The highest BCUT2D eigenvalue weighted by molar-refractivity contribution is 5.48. The largest absolute Gasteiger partial charge is 0.381 e. The summed E-state index contributed by atoms with van der Waals surface area (Å²) in [7, 11) is 0. The zero-order chi connectivity index (χ0) is 12.3. The van der Waals surface area contributed by atoms with E-state index in [0.717, 1.165) is 13.1 Å². The maximum Gasteiger partial charge on any atom is 0.0415 e. The summed E-state index contributed by atoms with van der Waals surface area (Å²) >= 11 is 0. The zero-order valence-electron chi connectivity index (χ0n) is 10.8. The Morgan fingerprint density at radius 3 is 2.59 bits per heavy atom. The van der Waals surface area contributed by atoms with Gasteiger partial charge in [0.05, 0.1) is 0 Å². The van der Waals surface area contributed by atoms with Crippen LogP contribution in [-0.2, 0) is 13.1 Å². The normalized spacial score (nSPS) is 10.5. The third kappa shape index (κ3) is 2.90. The van der Waals surface area contributed by atoms with Gasteiger partial charge in [-0.1, -0.05) is 6.07 Å². The van der Waals surface area contributed by atoms with E-state index in [1.54, 1.807) is 0 Å². The third-order valence-electron chi connectivity index (χ3n) is 3.18. The van der Waals surface area contributed by atoms with Gasteiger partial charge in [-0.05, 0) is 55.7 Å². The average Bonchev–Trinajstić information content (AvgIpc) is 2.79. The molecular formula is C15H20N2. The Hall–Kier alpha value is -1.70. The summed E-state index contributed by atoms with van der Waals surface area (Å²) in [5, 5.41) is 3.45. The molecule has 0 aliphatic heterocycles. The van der Waals surface area contributed by atoms with Crippen molar-refractivity contribution >= 4 is 5.69 Å². The second kappa shape index (κ2) is 5.09. The molecular weight excluding hydrogens is 208 g/mol. The minimum Gasteiger partial charge on any atom is -0.381 e. The number of hydrogen-bond donors (Lipinski definition) is 1. The van der Waals surface area contributed by atoms with Crippen LogP contribution in [-0.4, -0.2) is 4.57 Å². The highest BCUT2D eigenvalue weighted by Crippen LogP contribution is 2.15. The molecule has 0 radical (unpaired) electrons. The van der Waals surface area contributed by atoms with Gasteiger partial charge in [0, 0.05) is 31.2 Å². The first-order valence-corrected chi connectivity index (χ1v) is 6.15. The molecule has 0 amide bonds. The SMILES string of the molecule is CCn1ccc(CNc2ccc(C)c(C)c2)c1. The Balaban J connectivity index is 1.99. The van der Waals surface area contributed by atoms with E-state index in [0.29, 0.717) is 0 Å². The van der Waals surface area contributed by atoms with E-state index in [1.807, 2.05) is 0 Å². The van der Waals surface area contributed by atoms with Crippen LogP contribution in [0.5, 0.6) is 0 Å². The lowest BCUT2D eigenvalue weighted by molar-refractivity contribution is 0.766. The molecule has 0 unspecified atom stereocenters. The van der Waals surface area contributed by atoms with Crippen LogP contribution in [0.25, 0.3) is 0 Å². The molecule has 0 saturated heterocycles. The maximum absolute atomic E-state index is 3.45. The molecule has 2 aromatic rings. The molecule has 0 fully saturated rings. The van der Waals surface area contributed by atoms with E-state index in [4.69, 9.17) is 0 Å². The van der Waals surface area contributed by atoms with Crippen LogP contribution in [0, 0.1) is 13.8 Å². The standard InChI is InChI=1S/C15H20N2/c1-4-17-8-7-14(11-17)10-16-15-6-5-12(2)13(3)9-15/h5-9,11,16H,4,10H2,1-3H3. The third-order valence-corrected chi connectivity index (χ3v) is 3.18. The second-order valence-corrected chi connectivity index (χ2v) is 4.50. The molecule has 1 aromatic carbocycles. The molecule has 0 bridgehead atoms. The highest BCUT2D eigenvalue weighted by atomic mass is 14.9. The number of hydrogen-bond acceptors (Lipinski definition) is 1. The van der Waals surface area contributed by atoms with Crippen molar-refractivity contribution in [2.24, 2.45) is 0 Å². The van der Waals surface area contributed by atoms with Crippen molar-refractivity contribution in [1.82, 2.24) is 4.57 Å².